The molecule has 3 N–H and O–H groups in total. The molecule has 1 unspecified atom stereocenters. The molecule has 1 atom stereocenters. The van der Waals surface area contributed by atoms with Gasteiger partial charge in [-0.15, -0.1) is 10.2 Å². The Labute approximate surface area is 99.2 Å². The molecule has 1 aromatic rings. The third-order valence-corrected chi connectivity index (χ3v) is 2.06. The number of nitrogens with one attached hydrogen (secondary N) is 2. The van der Waals surface area contributed by atoms with E-state index >= 15 is 0 Å². The van der Waals surface area contributed by atoms with Crippen molar-refractivity contribution in [2.75, 3.05) is 32.7 Å². The Bertz CT molecular complexity index is 355. The lowest BCUT2D eigenvalue weighted by molar-refractivity contribution is 0.0957. The summed E-state index contributed by atoms with van der Waals surface area (Å²) in [5.74, 6) is 0.188. The Balaban J connectivity index is 2.64. The second-order valence-electron chi connectivity index (χ2n) is 3.36. The van der Waals surface area contributed by atoms with Gasteiger partial charge in [0.25, 0.3) is 5.91 Å². The molecule has 0 radical (unpaired) electrons. The first kappa shape index (κ1) is 13.3. The predicted octanol–water partition coefficient (Wildman–Crippen LogP) is -0.745. The minimum absolute atomic E-state index is 0.0767. The summed E-state index contributed by atoms with van der Waals surface area (Å²) in [6.07, 6.45) is 0. The normalized spacial score (nSPS) is 11.9. The van der Waals surface area contributed by atoms with Crippen LogP contribution in [0, 0.1) is 0 Å². The van der Waals surface area contributed by atoms with Crippen LogP contribution in [0.4, 0.5) is 5.82 Å². The molecule has 0 aliphatic carbocycles. The minimum atomic E-state index is -0.292. The van der Waals surface area contributed by atoms with E-state index in [2.05, 4.69) is 20.8 Å². The fourth-order valence-electron chi connectivity index (χ4n) is 1.21. The first-order chi connectivity index (χ1) is 8.21. The Morgan fingerprint density at radius 2 is 2.29 bits per heavy atom. The van der Waals surface area contributed by atoms with Gasteiger partial charge in [0.1, 0.15) is 5.82 Å². The van der Waals surface area contributed by atoms with Crippen LogP contribution in [0.1, 0.15) is 10.5 Å². The summed E-state index contributed by atoms with van der Waals surface area (Å²) in [6, 6.07) is 2.92. The smallest absolute Gasteiger partial charge is 0.271 e. The number of aliphatic hydroxyl groups excluding tert-OH is 1. The van der Waals surface area contributed by atoms with E-state index in [0.29, 0.717) is 12.4 Å². The third-order valence-electron chi connectivity index (χ3n) is 2.06. The molecule has 0 aliphatic rings. The number of methoxy groups -OCH3 is 1. The van der Waals surface area contributed by atoms with Crippen LogP contribution in [0.3, 0.4) is 0 Å². The van der Waals surface area contributed by atoms with Crippen molar-refractivity contribution < 1.29 is 14.6 Å². The summed E-state index contributed by atoms with van der Waals surface area (Å²) in [7, 11) is 3.07. The van der Waals surface area contributed by atoms with E-state index in [9.17, 15) is 4.79 Å². The van der Waals surface area contributed by atoms with Crippen LogP contribution in [0.15, 0.2) is 12.1 Å². The highest BCUT2D eigenvalue weighted by molar-refractivity contribution is 5.91. The third kappa shape index (κ3) is 3.97. The molecular weight excluding hydrogens is 224 g/mol. The van der Waals surface area contributed by atoms with Crippen LogP contribution in [-0.2, 0) is 4.74 Å². The Hall–Kier alpha value is -1.73. The fourth-order valence-corrected chi connectivity index (χ4v) is 1.21. The lowest BCUT2D eigenvalue weighted by atomic mass is 10.3. The highest BCUT2D eigenvalue weighted by atomic mass is 16.5. The van der Waals surface area contributed by atoms with Crippen molar-refractivity contribution in [1.29, 1.82) is 0 Å². The van der Waals surface area contributed by atoms with Gasteiger partial charge < -0.3 is 20.5 Å². The van der Waals surface area contributed by atoms with E-state index < -0.39 is 0 Å². The van der Waals surface area contributed by atoms with E-state index in [1.807, 2.05) is 0 Å². The lowest BCUT2D eigenvalue weighted by Crippen LogP contribution is -2.29. The van der Waals surface area contributed by atoms with Crippen molar-refractivity contribution >= 4 is 11.7 Å². The molecule has 0 bridgehead atoms. The van der Waals surface area contributed by atoms with Crippen molar-refractivity contribution in [1.82, 2.24) is 15.5 Å². The van der Waals surface area contributed by atoms with Gasteiger partial charge in [0.05, 0.1) is 19.3 Å². The van der Waals surface area contributed by atoms with E-state index in [0.717, 1.165) is 0 Å². The summed E-state index contributed by atoms with van der Waals surface area (Å²) in [4.78, 5) is 11.2. The fraction of sp³-hybridized carbons (Fsp3) is 0.500. The number of aliphatic hydroxyl groups is 1. The second kappa shape index (κ2) is 6.77. The summed E-state index contributed by atoms with van der Waals surface area (Å²) < 4.78 is 4.91. The summed E-state index contributed by atoms with van der Waals surface area (Å²) in [6.45, 7) is 0.280. The maximum absolute atomic E-state index is 11.2. The molecule has 7 nitrogen and oxygen atoms in total. The van der Waals surface area contributed by atoms with Crippen LogP contribution < -0.4 is 10.6 Å². The molecule has 0 aliphatic heterocycles. The quantitative estimate of drug-likeness (QED) is 0.606. The summed E-state index contributed by atoms with van der Waals surface area (Å²) >= 11 is 0. The molecule has 1 aromatic heterocycles. The largest absolute Gasteiger partial charge is 0.394 e. The van der Waals surface area contributed by atoms with Gasteiger partial charge in [-0.1, -0.05) is 0 Å². The highest BCUT2D eigenvalue weighted by Crippen LogP contribution is 2.04. The molecule has 0 saturated carbocycles. The molecule has 0 spiro atoms. The van der Waals surface area contributed by atoms with Gasteiger partial charge >= 0.3 is 0 Å². The molecule has 1 amide bonds. The van der Waals surface area contributed by atoms with Crippen LogP contribution in [0.2, 0.25) is 0 Å². The van der Waals surface area contributed by atoms with Crippen LogP contribution >= 0.6 is 0 Å². The maximum Gasteiger partial charge on any atom is 0.271 e. The van der Waals surface area contributed by atoms with Crippen LogP contribution in [0.5, 0.6) is 0 Å². The van der Waals surface area contributed by atoms with Gasteiger partial charge in [-0.3, -0.25) is 4.79 Å². The number of carbonyl (C=O) groups excluding carboxylic acids is 1. The number of anilines is 1. The van der Waals surface area contributed by atoms with Gasteiger partial charge in [0, 0.05) is 14.2 Å². The van der Waals surface area contributed by atoms with E-state index in [4.69, 9.17) is 9.84 Å². The summed E-state index contributed by atoms with van der Waals surface area (Å²) in [5, 5.41) is 22.0. The standard InChI is InChI=1S/C10H16N4O3/c1-11-10(16)8-3-4-9(14-13-8)12-7(5-15)6-17-2/h3-4,7,15H,5-6H2,1-2H3,(H,11,16)(H,12,14). The van der Waals surface area contributed by atoms with Crippen molar-refractivity contribution in [3.05, 3.63) is 17.8 Å². The van der Waals surface area contributed by atoms with E-state index in [1.54, 1.807) is 19.2 Å². The average molecular weight is 240 g/mol. The highest BCUT2D eigenvalue weighted by Gasteiger charge is 2.09. The maximum atomic E-state index is 11.2. The molecule has 1 heterocycles. The zero-order chi connectivity index (χ0) is 12.7. The first-order valence-electron chi connectivity index (χ1n) is 5.13. The van der Waals surface area contributed by atoms with Crippen molar-refractivity contribution in [2.45, 2.75) is 6.04 Å². The SMILES string of the molecule is CNC(=O)c1ccc(NC(CO)COC)nn1. The molecule has 94 valence electrons. The minimum Gasteiger partial charge on any atom is -0.394 e. The molecule has 0 saturated heterocycles. The van der Waals surface area contributed by atoms with Crippen molar-refractivity contribution in [2.24, 2.45) is 0 Å². The van der Waals surface area contributed by atoms with E-state index in [1.165, 1.54) is 7.05 Å². The van der Waals surface area contributed by atoms with Crippen molar-refractivity contribution in [3.8, 4) is 0 Å². The van der Waals surface area contributed by atoms with Crippen molar-refractivity contribution in [3.63, 3.8) is 0 Å². The van der Waals surface area contributed by atoms with Gasteiger partial charge in [0.2, 0.25) is 0 Å². The van der Waals surface area contributed by atoms with Gasteiger partial charge in [-0.05, 0) is 12.1 Å². The lowest BCUT2D eigenvalue weighted by Gasteiger charge is -2.15. The predicted molar refractivity (Wildman–Crippen MR) is 61.8 cm³/mol. The van der Waals surface area contributed by atoms with Gasteiger partial charge in [-0.25, -0.2) is 0 Å². The Morgan fingerprint density at radius 3 is 2.76 bits per heavy atom. The Kier molecular flexibility index (Phi) is 5.31. The monoisotopic (exact) mass is 240 g/mol. The molecule has 7 heteroatoms. The molecule has 1 rings (SSSR count). The Morgan fingerprint density at radius 1 is 1.53 bits per heavy atom. The zero-order valence-corrected chi connectivity index (χ0v) is 9.80. The number of hydrogen-bond acceptors (Lipinski definition) is 6. The first-order valence-corrected chi connectivity index (χ1v) is 5.13. The topological polar surface area (TPSA) is 96.4 Å². The molecule has 0 fully saturated rings. The number of nitrogens with zero attached hydrogens (tertiary/aromatic N) is 2. The number of aromatic nitrogens is 2. The van der Waals surface area contributed by atoms with Crippen LogP contribution in [-0.4, -0.2) is 54.6 Å². The number of amides is 1. The second-order valence-corrected chi connectivity index (χ2v) is 3.36. The summed E-state index contributed by atoms with van der Waals surface area (Å²) in [5.41, 5.74) is 0.241. The number of rotatable bonds is 6. The van der Waals surface area contributed by atoms with Gasteiger partial charge in [0.15, 0.2) is 5.69 Å². The molecular formula is C10H16N4O3. The number of carbonyl (C=O) groups is 1. The van der Waals surface area contributed by atoms with E-state index in [-0.39, 0.29) is 24.2 Å². The molecule has 0 aromatic carbocycles. The number of ether oxygens (including phenoxy) is 1. The van der Waals surface area contributed by atoms with Gasteiger partial charge in [-0.2, -0.15) is 0 Å². The number of hydrogen-bond donors (Lipinski definition) is 3. The van der Waals surface area contributed by atoms with Crippen LogP contribution in [0.25, 0.3) is 0 Å². The average Bonchev–Trinajstić information content (AvgIpc) is 2.38. The zero-order valence-electron chi connectivity index (χ0n) is 9.80. The molecule has 17 heavy (non-hydrogen) atoms.